The highest BCUT2D eigenvalue weighted by Crippen LogP contribution is 2.38. The van der Waals surface area contributed by atoms with Crippen LogP contribution in [0.2, 0.25) is 5.02 Å². The van der Waals surface area contributed by atoms with Crippen LogP contribution in [-0.4, -0.2) is 37.4 Å². The molecule has 1 aromatic carbocycles. The van der Waals surface area contributed by atoms with Crippen LogP contribution < -0.4 is 10.5 Å². The molecule has 4 aromatic rings. The average Bonchev–Trinajstić information content (AvgIpc) is 3.19. The fourth-order valence-corrected chi connectivity index (χ4v) is 5.05. The minimum atomic E-state index is 0.101. The van der Waals surface area contributed by atoms with E-state index in [0.717, 1.165) is 54.3 Å². The third kappa shape index (κ3) is 2.73. The summed E-state index contributed by atoms with van der Waals surface area (Å²) < 4.78 is 3.76. The van der Waals surface area contributed by atoms with Crippen LogP contribution in [0.3, 0.4) is 0 Å². The smallest absolute Gasteiger partial charge is 0.250 e. The summed E-state index contributed by atoms with van der Waals surface area (Å²) in [5.74, 6) is 1.65. The molecule has 2 atom stereocenters. The summed E-state index contributed by atoms with van der Waals surface area (Å²) in [4.78, 5) is 23.7. The number of rotatable bonds is 2. The Morgan fingerprint density at radius 1 is 1.00 bits per heavy atom. The molecule has 0 radical (unpaired) electrons. The predicted octanol–water partition coefficient (Wildman–Crippen LogP) is 3.25. The van der Waals surface area contributed by atoms with Crippen LogP contribution in [0.4, 0.5) is 5.82 Å². The first-order chi connectivity index (χ1) is 14.7. The summed E-state index contributed by atoms with van der Waals surface area (Å²) in [6, 6.07) is 13.1. The molecule has 2 aliphatic rings. The zero-order chi connectivity index (χ0) is 20.2. The second-order valence-corrected chi connectivity index (χ2v) is 8.51. The van der Waals surface area contributed by atoms with Gasteiger partial charge in [0, 0.05) is 42.3 Å². The van der Waals surface area contributed by atoms with Crippen LogP contribution in [-0.2, 0) is 6.54 Å². The lowest BCUT2D eigenvalue weighted by Gasteiger charge is -2.43. The molecule has 150 valence electrons. The SMILES string of the molecule is O=c1cccc2n1C[C@@H]1C[C@H]2CN(c2ncnc3c2cnn3-c2ccc(Cl)cc2)C1. The summed E-state index contributed by atoms with van der Waals surface area (Å²) in [6.07, 6.45) is 4.55. The van der Waals surface area contributed by atoms with Gasteiger partial charge in [-0.2, -0.15) is 5.10 Å². The third-order valence-electron chi connectivity index (χ3n) is 6.20. The number of aromatic nitrogens is 5. The van der Waals surface area contributed by atoms with Gasteiger partial charge in [0.15, 0.2) is 5.65 Å². The van der Waals surface area contributed by atoms with Crippen LogP contribution in [0, 0.1) is 5.92 Å². The number of hydrogen-bond acceptors (Lipinski definition) is 5. The lowest BCUT2D eigenvalue weighted by Crippen LogP contribution is -2.47. The minimum absolute atomic E-state index is 0.101. The van der Waals surface area contributed by atoms with E-state index in [4.69, 9.17) is 11.6 Å². The Labute approximate surface area is 177 Å². The van der Waals surface area contributed by atoms with Crippen molar-refractivity contribution in [1.29, 1.82) is 0 Å². The molecule has 6 rings (SSSR count). The highest BCUT2D eigenvalue weighted by molar-refractivity contribution is 6.30. The molecule has 2 bridgehead atoms. The largest absolute Gasteiger partial charge is 0.355 e. The number of pyridine rings is 1. The van der Waals surface area contributed by atoms with Crippen molar-refractivity contribution in [2.75, 3.05) is 18.0 Å². The normalized spacial score (nSPS) is 20.4. The lowest BCUT2D eigenvalue weighted by molar-refractivity contribution is 0.281. The van der Waals surface area contributed by atoms with Crippen LogP contribution in [0.15, 0.2) is 59.8 Å². The minimum Gasteiger partial charge on any atom is -0.355 e. The van der Waals surface area contributed by atoms with E-state index in [1.165, 1.54) is 0 Å². The van der Waals surface area contributed by atoms with E-state index in [0.29, 0.717) is 16.9 Å². The standard InChI is InChI=1S/C22H19ClN6O/c23-16-4-6-17(7-5-16)29-22-18(9-26-29)21(24-13-25-22)27-10-14-8-15(12-27)19-2-1-3-20(30)28(19)11-14/h1-7,9,13-15H,8,10-12H2/t14-,15+/m1/s1. The molecule has 0 saturated carbocycles. The van der Waals surface area contributed by atoms with Gasteiger partial charge in [-0.1, -0.05) is 17.7 Å². The van der Waals surface area contributed by atoms with Crippen molar-refractivity contribution in [2.24, 2.45) is 5.92 Å². The molecule has 0 unspecified atom stereocenters. The molecule has 5 heterocycles. The van der Waals surface area contributed by atoms with Crippen molar-refractivity contribution in [3.8, 4) is 5.69 Å². The van der Waals surface area contributed by atoms with Gasteiger partial charge in [0.25, 0.3) is 5.56 Å². The van der Waals surface area contributed by atoms with E-state index in [2.05, 4.69) is 26.0 Å². The Morgan fingerprint density at radius 3 is 2.73 bits per heavy atom. The molecular formula is C22H19ClN6O. The number of anilines is 1. The Hall–Kier alpha value is -3.19. The van der Waals surface area contributed by atoms with Gasteiger partial charge in [-0.3, -0.25) is 4.79 Å². The van der Waals surface area contributed by atoms with Crippen molar-refractivity contribution in [2.45, 2.75) is 18.9 Å². The summed E-state index contributed by atoms with van der Waals surface area (Å²) in [5, 5.41) is 6.18. The Bertz CT molecular complexity index is 1310. The first-order valence-corrected chi connectivity index (χ1v) is 10.4. The van der Waals surface area contributed by atoms with Gasteiger partial charge in [0.1, 0.15) is 12.1 Å². The van der Waals surface area contributed by atoms with Crippen LogP contribution in [0.5, 0.6) is 0 Å². The molecular weight excluding hydrogens is 400 g/mol. The lowest BCUT2D eigenvalue weighted by atomic mass is 9.83. The number of nitrogens with zero attached hydrogens (tertiary/aromatic N) is 6. The third-order valence-corrected chi connectivity index (χ3v) is 6.45. The zero-order valence-electron chi connectivity index (χ0n) is 16.1. The summed E-state index contributed by atoms with van der Waals surface area (Å²) in [6.45, 7) is 2.47. The number of halogens is 1. The van der Waals surface area contributed by atoms with Gasteiger partial charge < -0.3 is 9.47 Å². The summed E-state index contributed by atoms with van der Waals surface area (Å²) in [7, 11) is 0. The first-order valence-electron chi connectivity index (χ1n) is 10.1. The number of fused-ring (bicyclic) bond motifs is 5. The summed E-state index contributed by atoms with van der Waals surface area (Å²) in [5.41, 5.74) is 2.91. The topological polar surface area (TPSA) is 68.8 Å². The molecule has 7 nitrogen and oxygen atoms in total. The highest BCUT2D eigenvalue weighted by atomic mass is 35.5. The Kier molecular flexibility index (Phi) is 3.92. The van der Waals surface area contributed by atoms with Crippen molar-refractivity contribution in [1.82, 2.24) is 24.3 Å². The van der Waals surface area contributed by atoms with Crippen molar-refractivity contribution in [3.63, 3.8) is 0 Å². The van der Waals surface area contributed by atoms with Gasteiger partial charge >= 0.3 is 0 Å². The second kappa shape index (κ2) is 6.67. The average molecular weight is 419 g/mol. The highest BCUT2D eigenvalue weighted by Gasteiger charge is 2.35. The number of hydrogen-bond donors (Lipinski definition) is 0. The molecule has 0 N–H and O–H groups in total. The summed E-state index contributed by atoms with van der Waals surface area (Å²) >= 11 is 6.03. The molecule has 2 aliphatic heterocycles. The van der Waals surface area contributed by atoms with E-state index in [1.54, 1.807) is 12.4 Å². The van der Waals surface area contributed by atoms with Crippen molar-refractivity contribution >= 4 is 28.5 Å². The molecule has 8 heteroatoms. The van der Waals surface area contributed by atoms with E-state index in [9.17, 15) is 4.79 Å². The van der Waals surface area contributed by atoms with Gasteiger partial charge in [0.2, 0.25) is 0 Å². The maximum Gasteiger partial charge on any atom is 0.250 e. The maximum atomic E-state index is 12.3. The van der Waals surface area contributed by atoms with E-state index in [1.807, 2.05) is 45.8 Å². The van der Waals surface area contributed by atoms with Gasteiger partial charge in [-0.15, -0.1) is 0 Å². The fourth-order valence-electron chi connectivity index (χ4n) is 4.92. The maximum absolute atomic E-state index is 12.3. The monoisotopic (exact) mass is 418 g/mol. The molecule has 1 saturated heterocycles. The quantitative estimate of drug-likeness (QED) is 0.499. The van der Waals surface area contributed by atoms with Gasteiger partial charge in [0.05, 0.1) is 17.3 Å². The first kappa shape index (κ1) is 17.7. The second-order valence-electron chi connectivity index (χ2n) is 8.07. The molecule has 0 aliphatic carbocycles. The number of piperidine rings is 1. The van der Waals surface area contributed by atoms with Crippen molar-refractivity contribution in [3.05, 3.63) is 76.1 Å². The van der Waals surface area contributed by atoms with Crippen molar-refractivity contribution < 1.29 is 0 Å². The van der Waals surface area contributed by atoms with Crippen LogP contribution >= 0.6 is 11.6 Å². The van der Waals surface area contributed by atoms with E-state index in [-0.39, 0.29) is 5.56 Å². The predicted molar refractivity (Wildman–Crippen MR) is 115 cm³/mol. The zero-order valence-corrected chi connectivity index (χ0v) is 16.9. The molecule has 0 spiro atoms. The molecule has 1 fully saturated rings. The molecule has 0 amide bonds. The Morgan fingerprint density at radius 2 is 1.87 bits per heavy atom. The number of benzene rings is 1. The van der Waals surface area contributed by atoms with Gasteiger partial charge in [-0.05, 0) is 42.7 Å². The molecule has 30 heavy (non-hydrogen) atoms. The Balaban J connectivity index is 1.40. The van der Waals surface area contributed by atoms with E-state index < -0.39 is 0 Å². The fraction of sp³-hybridized carbons (Fsp3) is 0.273. The molecule has 3 aromatic heterocycles. The van der Waals surface area contributed by atoms with E-state index >= 15 is 0 Å². The van der Waals surface area contributed by atoms with Gasteiger partial charge in [-0.25, -0.2) is 14.6 Å². The van der Waals surface area contributed by atoms with Crippen LogP contribution in [0.25, 0.3) is 16.7 Å². The van der Waals surface area contributed by atoms with Crippen LogP contribution in [0.1, 0.15) is 18.0 Å².